The van der Waals surface area contributed by atoms with E-state index in [0.717, 1.165) is 37.3 Å². The summed E-state index contributed by atoms with van der Waals surface area (Å²) in [6, 6.07) is 14.3. The Bertz CT molecular complexity index is 1130. The predicted molar refractivity (Wildman–Crippen MR) is 127 cm³/mol. The van der Waals surface area contributed by atoms with Crippen LogP contribution < -0.4 is 15.5 Å². The largest absolute Gasteiger partial charge is 0.465 e. The highest BCUT2D eigenvalue weighted by atomic mass is 32.1. The van der Waals surface area contributed by atoms with Gasteiger partial charge in [-0.1, -0.05) is 18.2 Å². The summed E-state index contributed by atoms with van der Waals surface area (Å²) < 4.78 is 10.4. The van der Waals surface area contributed by atoms with Crippen LogP contribution in [0.4, 0.5) is 11.4 Å². The monoisotopic (exact) mass is 452 g/mol. The second-order valence-electron chi connectivity index (χ2n) is 7.57. The number of fused-ring (bicyclic) bond motifs is 1. The van der Waals surface area contributed by atoms with E-state index in [4.69, 9.17) is 21.4 Å². The molecule has 1 aromatic heterocycles. The highest BCUT2D eigenvalue weighted by Gasteiger charge is 2.20. The Balaban J connectivity index is 1.53. The topological polar surface area (TPSA) is 87.0 Å². The number of nitrogens with one attached hydrogen (secondary N) is 2. The summed E-state index contributed by atoms with van der Waals surface area (Å²) in [5, 5.41) is 6.66. The lowest BCUT2D eigenvalue weighted by molar-refractivity contribution is 0.0600. The number of likely N-dealkylation sites (N-methyl/N-ethyl adjacent to an activating group) is 1. The number of carbonyl (C=O) groups excluding carboxylic acids is 2. The van der Waals surface area contributed by atoms with Crippen molar-refractivity contribution in [2.45, 2.75) is 0 Å². The van der Waals surface area contributed by atoms with Crippen LogP contribution in [0.5, 0.6) is 0 Å². The number of hydrogen-bond acceptors (Lipinski definition) is 7. The van der Waals surface area contributed by atoms with Crippen LogP contribution in [0.3, 0.4) is 0 Å². The molecule has 0 spiro atoms. The molecular formula is C23H24N4O4S. The molecule has 166 valence electrons. The smallest absolute Gasteiger partial charge is 0.337 e. The van der Waals surface area contributed by atoms with Crippen molar-refractivity contribution in [3.8, 4) is 0 Å². The minimum Gasteiger partial charge on any atom is -0.465 e. The van der Waals surface area contributed by atoms with E-state index in [2.05, 4.69) is 27.5 Å². The molecule has 8 nitrogen and oxygen atoms in total. The lowest BCUT2D eigenvalue weighted by atomic mass is 10.1. The summed E-state index contributed by atoms with van der Waals surface area (Å²) in [7, 11) is 3.42. The molecular weight excluding hydrogens is 428 g/mol. The van der Waals surface area contributed by atoms with E-state index in [0.29, 0.717) is 16.8 Å². The van der Waals surface area contributed by atoms with Crippen molar-refractivity contribution in [2.24, 2.45) is 0 Å². The number of esters is 1. The number of piperazine rings is 1. The second-order valence-corrected chi connectivity index (χ2v) is 7.98. The number of thiocarbonyl (C=S) groups is 1. The molecule has 2 aromatic carbocycles. The summed E-state index contributed by atoms with van der Waals surface area (Å²) in [6.45, 7) is 3.51. The molecule has 0 unspecified atom stereocenters. The second kappa shape index (κ2) is 9.37. The van der Waals surface area contributed by atoms with E-state index >= 15 is 0 Å². The third kappa shape index (κ3) is 4.74. The number of carbonyl (C=O) groups is 2. The number of methoxy groups -OCH3 is 1. The fourth-order valence-corrected chi connectivity index (χ4v) is 3.82. The molecule has 9 heteroatoms. The zero-order valence-electron chi connectivity index (χ0n) is 17.9. The molecule has 0 saturated carbocycles. The minimum absolute atomic E-state index is 0.104. The normalized spacial score (nSPS) is 14.2. The standard InChI is InChI=1S/C23H24N4O4S/c1-26-9-11-27(12-10-26)18-8-7-16(22(29)30-2)13-17(18)24-23(32)25-21(28)20-14-15-5-3-4-6-19(15)31-20/h3-8,13-14H,9-12H2,1-2H3,(H2,24,25,28,32). The maximum Gasteiger partial charge on any atom is 0.337 e. The highest BCUT2D eigenvalue weighted by Crippen LogP contribution is 2.29. The first kappa shape index (κ1) is 21.8. The molecule has 2 N–H and O–H groups in total. The first-order chi connectivity index (χ1) is 15.4. The van der Waals surface area contributed by atoms with Crippen LogP contribution in [0.15, 0.2) is 52.9 Å². The van der Waals surface area contributed by atoms with Gasteiger partial charge < -0.3 is 24.3 Å². The number of benzene rings is 2. The van der Waals surface area contributed by atoms with Gasteiger partial charge in [0.1, 0.15) is 5.58 Å². The summed E-state index contributed by atoms with van der Waals surface area (Å²) >= 11 is 5.38. The van der Waals surface area contributed by atoms with E-state index in [9.17, 15) is 9.59 Å². The Morgan fingerprint density at radius 3 is 2.53 bits per heavy atom. The number of para-hydroxylation sites is 1. The van der Waals surface area contributed by atoms with Gasteiger partial charge in [-0.15, -0.1) is 0 Å². The van der Waals surface area contributed by atoms with E-state index in [1.807, 2.05) is 24.3 Å². The van der Waals surface area contributed by atoms with Gasteiger partial charge in [0.15, 0.2) is 10.9 Å². The Labute approximate surface area is 191 Å². The first-order valence-corrected chi connectivity index (χ1v) is 10.6. The van der Waals surface area contributed by atoms with Gasteiger partial charge in [0.2, 0.25) is 0 Å². The Morgan fingerprint density at radius 2 is 1.81 bits per heavy atom. The fraction of sp³-hybridized carbons (Fsp3) is 0.261. The van der Waals surface area contributed by atoms with Crippen LogP contribution >= 0.6 is 12.2 Å². The zero-order valence-corrected chi connectivity index (χ0v) is 18.7. The molecule has 1 amide bonds. The van der Waals surface area contributed by atoms with Crippen molar-refractivity contribution < 1.29 is 18.7 Å². The zero-order chi connectivity index (χ0) is 22.7. The molecule has 0 radical (unpaired) electrons. The Morgan fingerprint density at radius 1 is 1.06 bits per heavy atom. The summed E-state index contributed by atoms with van der Waals surface area (Å²) in [5.41, 5.74) is 2.53. The lowest BCUT2D eigenvalue weighted by Gasteiger charge is -2.35. The number of anilines is 2. The van der Waals surface area contributed by atoms with Gasteiger partial charge in [0.05, 0.1) is 24.0 Å². The molecule has 1 fully saturated rings. The quantitative estimate of drug-likeness (QED) is 0.461. The van der Waals surface area contributed by atoms with Gasteiger partial charge in [-0.05, 0) is 49.6 Å². The molecule has 1 aliphatic rings. The molecule has 0 atom stereocenters. The molecule has 0 aliphatic carbocycles. The van der Waals surface area contributed by atoms with E-state index < -0.39 is 11.9 Å². The van der Waals surface area contributed by atoms with Gasteiger partial charge >= 0.3 is 5.97 Å². The van der Waals surface area contributed by atoms with Crippen molar-refractivity contribution in [2.75, 3.05) is 50.6 Å². The van der Waals surface area contributed by atoms with Crippen LogP contribution in [-0.2, 0) is 4.74 Å². The van der Waals surface area contributed by atoms with Gasteiger partial charge in [-0.2, -0.15) is 0 Å². The molecule has 0 bridgehead atoms. The molecule has 3 aromatic rings. The third-order valence-corrected chi connectivity index (χ3v) is 5.59. The van der Waals surface area contributed by atoms with Crippen molar-refractivity contribution in [1.29, 1.82) is 0 Å². The van der Waals surface area contributed by atoms with Gasteiger partial charge in [0, 0.05) is 31.6 Å². The maximum absolute atomic E-state index is 12.6. The van der Waals surface area contributed by atoms with E-state index in [1.165, 1.54) is 7.11 Å². The average Bonchev–Trinajstić information content (AvgIpc) is 3.24. The van der Waals surface area contributed by atoms with Crippen LogP contribution in [0.1, 0.15) is 20.9 Å². The number of nitrogens with zero attached hydrogens (tertiary/aromatic N) is 2. The van der Waals surface area contributed by atoms with Crippen LogP contribution in [0.25, 0.3) is 11.0 Å². The van der Waals surface area contributed by atoms with Crippen molar-refractivity contribution in [3.05, 3.63) is 59.9 Å². The fourth-order valence-electron chi connectivity index (χ4n) is 3.62. The first-order valence-electron chi connectivity index (χ1n) is 10.2. The van der Waals surface area contributed by atoms with Gasteiger partial charge in [-0.3, -0.25) is 10.1 Å². The van der Waals surface area contributed by atoms with E-state index in [1.54, 1.807) is 24.3 Å². The maximum atomic E-state index is 12.6. The molecule has 32 heavy (non-hydrogen) atoms. The number of furan rings is 1. The number of rotatable bonds is 4. The number of hydrogen-bond donors (Lipinski definition) is 2. The van der Waals surface area contributed by atoms with Crippen LogP contribution in [0.2, 0.25) is 0 Å². The van der Waals surface area contributed by atoms with Crippen LogP contribution in [0, 0.1) is 0 Å². The van der Waals surface area contributed by atoms with E-state index in [-0.39, 0.29) is 10.9 Å². The summed E-state index contributed by atoms with van der Waals surface area (Å²) in [6.07, 6.45) is 0. The highest BCUT2D eigenvalue weighted by molar-refractivity contribution is 7.80. The van der Waals surface area contributed by atoms with Crippen molar-refractivity contribution in [3.63, 3.8) is 0 Å². The Hall–Kier alpha value is -3.43. The van der Waals surface area contributed by atoms with Crippen LogP contribution in [-0.4, -0.2) is 62.2 Å². The molecule has 4 rings (SSSR count). The number of amides is 1. The van der Waals surface area contributed by atoms with Crippen molar-refractivity contribution >= 4 is 51.6 Å². The molecule has 1 saturated heterocycles. The summed E-state index contributed by atoms with van der Waals surface area (Å²) in [5.74, 6) is -0.739. The average molecular weight is 453 g/mol. The molecule has 2 heterocycles. The van der Waals surface area contributed by atoms with Gasteiger partial charge in [-0.25, -0.2) is 4.79 Å². The van der Waals surface area contributed by atoms with Gasteiger partial charge in [0.25, 0.3) is 5.91 Å². The number of ether oxygens (including phenoxy) is 1. The van der Waals surface area contributed by atoms with Crippen molar-refractivity contribution in [1.82, 2.24) is 10.2 Å². The SMILES string of the molecule is COC(=O)c1ccc(N2CCN(C)CC2)c(NC(=S)NC(=O)c2cc3ccccc3o2)c1. The predicted octanol–water partition coefficient (Wildman–Crippen LogP) is 3.10. The third-order valence-electron chi connectivity index (χ3n) is 5.39. The molecule has 1 aliphatic heterocycles. The summed E-state index contributed by atoms with van der Waals surface area (Å²) in [4.78, 5) is 29.2. The Kier molecular flexibility index (Phi) is 6.38. The lowest BCUT2D eigenvalue weighted by Crippen LogP contribution is -2.45. The minimum atomic E-state index is -0.455.